The molecule has 0 aliphatic heterocycles. The molecule has 0 spiro atoms. The summed E-state index contributed by atoms with van der Waals surface area (Å²) < 4.78 is 25.3. The van der Waals surface area contributed by atoms with Crippen molar-refractivity contribution >= 4 is 39.6 Å². The number of aromatic nitrogens is 2. The molecule has 3 heterocycles. The zero-order chi connectivity index (χ0) is 35.6. The zero-order valence-corrected chi connectivity index (χ0v) is 33.0. The first-order chi connectivity index (χ1) is 24.6. The molecule has 0 N–H and O–H groups in total. The Kier molecular flexibility index (Phi) is 10.1. The van der Waals surface area contributed by atoms with E-state index in [1.807, 2.05) is 66.7 Å². The van der Waals surface area contributed by atoms with Crippen molar-refractivity contribution in [3.05, 3.63) is 175 Å². The van der Waals surface area contributed by atoms with Crippen molar-refractivity contribution in [3.8, 4) is 33.6 Å². The summed E-state index contributed by atoms with van der Waals surface area (Å²) in [7, 11) is 0. The quantitative estimate of drug-likeness (QED) is 0.123. The van der Waals surface area contributed by atoms with E-state index in [-0.39, 0.29) is 20.1 Å². The molecule has 0 bridgehead atoms. The molecule has 50 heavy (non-hydrogen) atoms. The van der Waals surface area contributed by atoms with Crippen LogP contribution in [0, 0.1) is 19.1 Å². The van der Waals surface area contributed by atoms with Crippen LogP contribution in [0.15, 0.2) is 150 Å². The molecule has 0 amide bonds. The Bertz CT molecular complexity index is 2440. The third-order valence-corrected chi connectivity index (χ3v) is 13.0. The van der Waals surface area contributed by atoms with Gasteiger partial charge in [0, 0.05) is 34.4 Å². The van der Waals surface area contributed by atoms with Crippen LogP contribution in [0.1, 0.15) is 19.4 Å². The van der Waals surface area contributed by atoms with Gasteiger partial charge in [-0.25, -0.2) is 0 Å². The third kappa shape index (κ3) is 7.89. The minimum Gasteiger partial charge on any atom is -0.501 e. The Morgan fingerprint density at radius 2 is 1.44 bits per heavy atom. The van der Waals surface area contributed by atoms with E-state index in [2.05, 4.69) is 95.0 Å². The van der Waals surface area contributed by atoms with E-state index >= 15 is 0 Å². The van der Waals surface area contributed by atoms with Gasteiger partial charge in [0.05, 0.1) is 5.58 Å². The summed E-state index contributed by atoms with van der Waals surface area (Å²) in [5.41, 5.74) is 9.69. The molecule has 0 aliphatic carbocycles. The van der Waals surface area contributed by atoms with Crippen molar-refractivity contribution in [1.29, 1.82) is 0 Å². The van der Waals surface area contributed by atoms with Gasteiger partial charge in [-0.1, -0.05) is 89.8 Å². The fourth-order valence-electron chi connectivity index (χ4n) is 6.12. The molecule has 5 aromatic carbocycles. The number of aryl methyl sites for hydroxylation is 1. The van der Waals surface area contributed by atoms with E-state index in [4.69, 9.17) is 7.16 Å². The normalized spacial score (nSPS) is 12.0. The second-order valence-corrected chi connectivity index (χ2v) is 23.7. The average molecular weight is 890 g/mol. The Morgan fingerprint density at radius 3 is 2.16 bits per heavy atom. The van der Waals surface area contributed by atoms with Crippen molar-refractivity contribution in [2.75, 3.05) is 0 Å². The van der Waals surface area contributed by atoms with E-state index in [0.717, 1.165) is 44.3 Å². The number of rotatable bonds is 6. The molecule has 5 heteroatoms. The van der Waals surface area contributed by atoms with Crippen molar-refractivity contribution in [1.82, 2.24) is 9.97 Å². The second kappa shape index (κ2) is 15.5. The topological polar surface area (TPSA) is 38.9 Å². The molecule has 1 radical (unpaired) electrons. The number of fused-ring (bicyclic) bond motifs is 3. The van der Waals surface area contributed by atoms with Crippen LogP contribution < -0.4 is 4.40 Å². The monoisotopic (exact) mass is 891 g/mol. The van der Waals surface area contributed by atoms with Gasteiger partial charge >= 0.3 is 106 Å². The molecule has 0 fully saturated rings. The molecule has 0 unspecified atom stereocenters. The Hall–Kier alpha value is -4.61. The molecule has 3 aromatic heterocycles. The van der Waals surface area contributed by atoms with Gasteiger partial charge in [0.15, 0.2) is 0 Å². The van der Waals surface area contributed by atoms with Crippen LogP contribution in [-0.2, 0) is 26.5 Å². The SMILES string of the molecule is Cc1cc(-c2[c-]cccc2)nc[c]1[Ge]([CH3])([CH3])[CH3].[2H]C([2H])(c1ccccc1)c1ccnc(-c2[c-]ccc3c2oc2cc(-c4ccccc4)ccc23)c1.[Ir]. The minimum atomic E-state index is -1.77. The Balaban J connectivity index is 0.000000218. The van der Waals surface area contributed by atoms with Crippen molar-refractivity contribution in [2.24, 2.45) is 0 Å². The first-order valence-corrected chi connectivity index (χ1v) is 23.8. The van der Waals surface area contributed by atoms with Gasteiger partial charge in [-0.3, -0.25) is 0 Å². The van der Waals surface area contributed by atoms with Gasteiger partial charge in [-0.2, -0.15) is 0 Å². The largest absolute Gasteiger partial charge is 0.501 e. The molecule has 8 rings (SSSR count). The van der Waals surface area contributed by atoms with Gasteiger partial charge in [-0.05, 0) is 46.5 Å². The first kappa shape index (κ1) is 32.6. The zero-order valence-electron chi connectivity index (χ0n) is 30.5. The maximum atomic E-state index is 8.73. The molecule has 0 saturated heterocycles. The maximum absolute atomic E-state index is 8.73. The number of nitrogens with zero attached hydrogens (tertiary/aromatic N) is 2. The molecule has 8 aromatic rings. The maximum Gasteiger partial charge on any atom is 0.121 e. The van der Waals surface area contributed by atoms with Crippen LogP contribution in [0.3, 0.4) is 0 Å². The van der Waals surface area contributed by atoms with Gasteiger partial charge in [0.2, 0.25) is 0 Å². The molecule has 0 saturated carbocycles. The van der Waals surface area contributed by atoms with Crippen molar-refractivity contribution in [3.63, 3.8) is 0 Å². The predicted molar refractivity (Wildman–Crippen MR) is 207 cm³/mol. The van der Waals surface area contributed by atoms with Gasteiger partial charge < -0.3 is 9.40 Å². The second-order valence-electron chi connectivity index (χ2n) is 13.1. The van der Waals surface area contributed by atoms with E-state index < -0.39 is 19.6 Å². The van der Waals surface area contributed by atoms with E-state index in [0.29, 0.717) is 22.4 Å². The van der Waals surface area contributed by atoms with Crippen LogP contribution in [0.2, 0.25) is 17.3 Å². The van der Waals surface area contributed by atoms with Crippen LogP contribution >= 0.6 is 0 Å². The number of pyridine rings is 2. The van der Waals surface area contributed by atoms with Crippen LogP contribution in [0.25, 0.3) is 55.6 Å². The number of hydrogen-bond acceptors (Lipinski definition) is 3. The summed E-state index contributed by atoms with van der Waals surface area (Å²) in [5.74, 6) is 7.20. The summed E-state index contributed by atoms with van der Waals surface area (Å²) in [6, 6.07) is 49.7. The molecule has 3 nitrogen and oxygen atoms in total. The van der Waals surface area contributed by atoms with Crippen LogP contribution in [0.5, 0.6) is 0 Å². The molecule has 0 atom stereocenters. The number of hydrogen-bond donors (Lipinski definition) is 0. The molecule has 0 aliphatic rings. The molecular weight excluding hydrogens is 849 g/mol. The first-order valence-electron chi connectivity index (χ1n) is 17.5. The van der Waals surface area contributed by atoms with Crippen molar-refractivity contribution in [2.45, 2.75) is 30.6 Å². The summed E-state index contributed by atoms with van der Waals surface area (Å²) in [6.07, 6.45) is 2.07. The Labute approximate surface area is 314 Å². The van der Waals surface area contributed by atoms with E-state index in [1.165, 1.54) is 9.96 Å². The third-order valence-electron chi connectivity index (χ3n) is 8.52. The summed E-state index contributed by atoms with van der Waals surface area (Å²) >= 11 is -1.77. The predicted octanol–water partition coefficient (Wildman–Crippen LogP) is 11.1. The Morgan fingerprint density at radius 1 is 0.680 bits per heavy atom. The fraction of sp³-hybridized carbons (Fsp3) is 0.111. The fourth-order valence-corrected chi connectivity index (χ4v) is 9.70. The van der Waals surface area contributed by atoms with Gasteiger partial charge in [0.1, 0.15) is 5.58 Å². The van der Waals surface area contributed by atoms with Gasteiger partial charge in [-0.15, -0.1) is 18.2 Å². The molecular formula is C45H38GeIrN2O-2. The summed E-state index contributed by atoms with van der Waals surface area (Å²) in [5, 5.41) is 2.02. The summed E-state index contributed by atoms with van der Waals surface area (Å²) in [4.78, 5) is 9.14. The van der Waals surface area contributed by atoms with Crippen molar-refractivity contribution < 1.29 is 27.3 Å². The van der Waals surface area contributed by atoms with E-state index in [9.17, 15) is 0 Å². The summed E-state index contributed by atoms with van der Waals surface area (Å²) in [6.45, 7) is 2.19. The standard InChI is InChI=1S/C30H20NO.C15H18GeN.Ir/c1-3-8-21(9-4-1)18-22-16-17-31-28(19-22)27-13-7-12-26-25-15-14-24(20-29(25)32-30(26)27)23-10-5-2-6-11-23;1-12-10-15(13-8-6-5-7-9-13)17-11-14(12)16(2,3)4;/h1-12,14-17,19-20H,18H2;5-8,10-11H,1-4H3;/q2*-1;/i18D2;;. The minimum absolute atomic E-state index is 0. The van der Waals surface area contributed by atoms with Crippen LogP contribution in [0.4, 0.5) is 0 Å². The van der Waals surface area contributed by atoms with E-state index in [1.54, 1.807) is 30.5 Å². The van der Waals surface area contributed by atoms with Crippen LogP contribution in [-0.4, -0.2) is 23.2 Å². The smallest absolute Gasteiger partial charge is 0.121 e. The number of benzene rings is 5. The van der Waals surface area contributed by atoms with Gasteiger partial charge in [0.25, 0.3) is 0 Å². The molecule has 249 valence electrons. The number of furan rings is 1. The average Bonchev–Trinajstić information content (AvgIpc) is 3.54.